The van der Waals surface area contributed by atoms with E-state index in [0.29, 0.717) is 0 Å². The summed E-state index contributed by atoms with van der Waals surface area (Å²) in [5.74, 6) is -3.78. The predicted octanol–water partition coefficient (Wildman–Crippen LogP) is 1.13. The number of rotatable bonds is 7. The maximum absolute atomic E-state index is 12.2. The van der Waals surface area contributed by atoms with Crippen LogP contribution in [0, 0.1) is 5.92 Å². The van der Waals surface area contributed by atoms with E-state index < -0.39 is 30.8 Å². The van der Waals surface area contributed by atoms with E-state index in [9.17, 15) is 23.1 Å². The van der Waals surface area contributed by atoms with Crippen LogP contribution >= 0.6 is 0 Å². The van der Waals surface area contributed by atoms with Crippen LogP contribution in [0.1, 0.15) is 13.8 Å². The van der Waals surface area contributed by atoms with E-state index in [1.165, 1.54) is 6.92 Å². The SMILES string of the molecule is CCOCC(C(=O)C(F)(F)F)C(O)OCC. The number of halogens is 3. The van der Waals surface area contributed by atoms with E-state index >= 15 is 0 Å². The van der Waals surface area contributed by atoms with Gasteiger partial charge >= 0.3 is 6.18 Å². The predicted molar refractivity (Wildman–Crippen MR) is 48.7 cm³/mol. The van der Waals surface area contributed by atoms with Crippen molar-refractivity contribution < 1.29 is 32.5 Å². The number of ether oxygens (including phenoxy) is 2. The first-order valence-electron chi connectivity index (χ1n) is 4.83. The van der Waals surface area contributed by atoms with E-state index in [1.54, 1.807) is 6.92 Å². The lowest BCUT2D eigenvalue weighted by atomic mass is 10.0. The Labute approximate surface area is 91.3 Å². The van der Waals surface area contributed by atoms with Crippen LogP contribution < -0.4 is 0 Å². The molecule has 0 aliphatic heterocycles. The molecule has 0 heterocycles. The Kier molecular flexibility index (Phi) is 6.54. The lowest BCUT2D eigenvalue weighted by molar-refractivity contribution is -0.198. The standard InChI is InChI=1S/C9H15F3O4/c1-3-15-5-6(8(14)16-4-2)7(13)9(10,11)12/h6,8,14H,3-5H2,1-2H3. The molecule has 4 nitrogen and oxygen atoms in total. The summed E-state index contributed by atoms with van der Waals surface area (Å²) < 4.78 is 45.8. The van der Waals surface area contributed by atoms with E-state index in [-0.39, 0.29) is 13.2 Å². The van der Waals surface area contributed by atoms with Gasteiger partial charge < -0.3 is 14.6 Å². The Morgan fingerprint density at radius 3 is 2.25 bits per heavy atom. The third-order valence-electron chi connectivity index (χ3n) is 1.80. The topological polar surface area (TPSA) is 55.8 Å². The number of ketones is 1. The van der Waals surface area contributed by atoms with Gasteiger partial charge in [0.1, 0.15) is 5.92 Å². The molecule has 0 aromatic carbocycles. The highest BCUT2D eigenvalue weighted by molar-refractivity contribution is 5.86. The molecule has 0 bridgehead atoms. The molecule has 0 amide bonds. The van der Waals surface area contributed by atoms with Gasteiger partial charge in [-0.1, -0.05) is 0 Å². The summed E-state index contributed by atoms with van der Waals surface area (Å²) in [5.41, 5.74) is 0. The van der Waals surface area contributed by atoms with Crippen molar-refractivity contribution in [2.75, 3.05) is 19.8 Å². The number of carbonyl (C=O) groups is 1. The van der Waals surface area contributed by atoms with Crippen LogP contribution in [0.15, 0.2) is 0 Å². The molecule has 0 fully saturated rings. The maximum atomic E-state index is 12.2. The fourth-order valence-corrected chi connectivity index (χ4v) is 1.03. The van der Waals surface area contributed by atoms with Gasteiger partial charge in [-0.3, -0.25) is 4.79 Å². The maximum Gasteiger partial charge on any atom is 0.450 e. The van der Waals surface area contributed by atoms with Gasteiger partial charge in [-0.15, -0.1) is 0 Å². The van der Waals surface area contributed by atoms with Crippen LogP contribution in [0.25, 0.3) is 0 Å². The van der Waals surface area contributed by atoms with Gasteiger partial charge in [0.2, 0.25) is 5.78 Å². The summed E-state index contributed by atoms with van der Waals surface area (Å²) >= 11 is 0. The third kappa shape index (κ3) is 4.91. The Bertz CT molecular complexity index is 217. The van der Waals surface area contributed by atoms with Crippen LogP contribution in [0.3, 0.4) is 0 Å². The average molecular weight is 244 g/mol. The zero-order chi connectivity index (χ0) is 12.8. The average Bonchev–Trinajstić information content (AvgIpc) is 2.17. The quantitative estimate of drug-likeness (QED) is 0.682. The molecule has 0 spiro atoms. The summed E-state index contributed by atoms with van der Waals surface area (Å²) in [7, 11) is 0. The number of hydrogen-bond donors (Lipinski definition) is 1. The largest absolute Gasteiger partial charge is 0.450 e. The lowest BCUT2D eigenvalue weighted by Crippen LogP contribution is -2.41. The van der Waals surface area contributed by atoms with Gasteiger partial charge in [0, 0.05) is 13.2 Å². The van der Waals surface area contributed by atoms with Crippen molar-refractivity contribution in [2.45, 2.75) is 26.3 Å². The van der Waals surface area contributed by atoms with Crippen molar-refractivity contribution in [1.82, 2.24) is 0 Å². The van der Waals surface area contributed by atoms with Crippen molar-refractivity contribution in [3.8, 4) is 0 Å². The summed E-state index contributed by atoms with van der Waals surface area (Å²) in [6, 6.07) is 0. The first kappa shape index (κ1) is 15.3. The van der Waals surface area contributed by atoms with Crippen LogP contribution in [0.5, 0.6) is 0 Å². The molecule has 16 heavy (non-hydrogen) atoms. The minimum Gasteiger partial charge on any atom is -0.381 e. The monoisotopic (exact) mass is 244 g/mol. The molecule has 0 saturated heterocycles. The fraction of sp³-hybridized carbons (Fsp3) is 0.889. The van der Waals surface area contributed by atoms with Crippen molar-refractivity contribution in [3.63, 3.8) is 0 Å². The highest BCUT2D eigenvalue weighted by atomic mass is 19.4. The summed E-state index contributed by atoms with van der Waals surface area (Å²) in [4.78, 5) is 10.9. The van der Waals surface area contributed by atoms with Crippen LogP contribution in [0.4, 0.5) is 13.2 Å². The lowest BCUT2D eigenvalue weighted by Gasteiger charge is -2.22. The molecule has 96 valence electrons. The molecule has 2 unspecified atom stereocenters. The first-order chi connectivity index (χ1) is 7.34. The van der Waals surface area contributed by atoms with Crippen molar-refractivity contribution in [3.05, 3.63) is 0 Å². The molecule has 0 aromatic heterocycles. The Morgan fingerprint density at radius 1 is 1.31 bits per heavy atom. The molecule has 0 radical (unpaired) electrons. The van der Waals surface area contributed by atoms with Crippen molar-refractivity contribution in [2.24, 2.45) is 5.92 Å². The number of aliphatic hydroxyl groups is 1. The summed E-state index contributed by atoms with van der Waals surface area (Å²) in [5, 5.41) is 9.25. The Hall–Kier alpha value is -0.660. The number of carbonyl (C=O) groups excluding carboxylic acids is 1. The second kappa shape index (κ2) is 6.82. The van der Waals surface area contributed by atoms with E-state index in [1.807, 2.05) is 0 Å². The zero-order valence-electron chi connectivity index (χ0n) is 9.08. The van der Waals surface area contributed by atoms with Crippen LogP contribution in [-0.4, -0.2) is 43.2 Å². The molecule has 0 rings (SSSR count). The number of hydrogen-bond acceptors (Lipinski definition) is 4. The van der Waals surface area contributed by atoms with Crippen molar-refractivity contribution in [1.29, 1.82) is 0 Å². The van der Waals surface area contributed by atoms with Gasteiger partial charge in [-0.05, 0) is 13.8 Å². The van der Waals surface area contributed by atoms with Gasteiger partial charge in [0.15, 0.2) is 6.29 Å². The molecule has 0 saturated carbocycles. The molecular weight excluding hydrogens is 229 g/mol. The molecule has 2 atom stereocenters. The van der Waals surface area contributed by atoms with E-state index in [4.69, 9.17) is 4.74 Å². The van der Waals surface area contributed by atoms with Gasteiger partial charge in [0.05, 0.1) is 6.61 Å². The fourth-order valence-electron chi connectivity index (χ4n) is 1.03. The van der Waals surface area contributed by atoms with Crippen molar-refractivity contribution >= 4 is 5.78 Å². The van der Waals surface area contributed by atoms with Gasteiger partial charge in [0.25, 0.3) is 0 Å². The zero-order valence-corrected chi connectivity index (χ0v) is 9.08. The minimum atomic E-state index is -5.00. The Balaban J connectivity index is 4.59. The summed E-state index contributed by atoms with van der Waals surface area (Å²) in [6.45, 7) is 2.71. The number of Topliss-reactive ketones (excluding diaryl/α,β-unsaturated/α-hetero) is 1. The number of alkyl halides is 3. The summed E-state index contributed by atoms with van der Waals surface area (Å²) in [6.07, 6.45) is -6.80. The van der Waals surface area contributed by atoms with Gasteiger partial charge in [-0.2, -0.15) is 13.2 Å². The van der Waals surface area contributed by atoms with Crippen LogP contribution in [0.2, 0.25) is 0 Å². The smallest absolute Gasteiger partial charge is 0.381 e. The number of aliphatic hydroxyl groups excluding tert-OH is 1. The Morgan fingerprint density at radius 2 is 1.88 bits per heavy atom. The highest BCUT2D eigenvalue weighted by Crippen LogP contribution is 2.23. The molecular formula is C9H15F3O4. The molecule has 0 aliphatic rings. The minimum absolute atomic E-state index is 0.00886. The highest BCUT2D eigenvalue weighted by Gasteiger charge is 2.46. The second-order valence-corrected chi connectivity index (χ2v) is 2.97. The molecule has 0 aliphatic carbocycles. The van der Waals surface area contributed by atoms with E-state index in [0.717, 1.165) is 0 Å². The van der Waals surface area contributed by atoms with Crippen LogP contribution in [-0.2, 0) is 14.3 Å². The second-order valence-electron chi connectivity index (χ2n) is 2.97. The molecule has 7 heteroatoms. The first-order valence-corrected chi connectivity index (χ1v) is 4.83. The normalized spacial score (nSPS) is 15.9. The third-order valence-corrected chi connectivity index (χ3v) is 1.80. The van der Waals surface area contributed by atoms with E-state index in [2.05, 4.69) is 4.74 Å². The molecule has 0 aromatic rings. The molecule has 1 N–H and O–H groups in total. The van der Waals surface area contributed by atoms with Gasteiger partial charge in [-0.25, -0.2) is 0 Å².